The van der Waals surface area contributed by atoms with Gasteiger partial charge in [-0.05, 0) is 38.3 Å². The van der Waals surface area contributed by atoms with Crippen molar-refractivity contribution in [1.82, 2.24) is 4.98 Å². The first-order valence-electron chi connectivity index (χ1n) is 7.91. The van der Waals surface area contributed by atoms with Crippen molar-refractivity contribution in [3.8, 4) is 5.75 Å². The van der Waals surface area contributed by atoms with Gasteiger partial charge in [0.15, 0.2) is 0 Å². The molecule has 1 aromatic heterocycles. The SMILES string of the molecule is CCCCC(CC)COc1ccc(C)nc1CC(C)N. The number of nitrogens with zero attached hydrogens (tertiary/aromatic N) is 1. The first kappa shape index (κ1) is 17.0. The molecule has 0 fully saturated rings. The Morgan fingerprint density at radius 3 is 2.65 bits per heavy atom. The minimum atomic E-state index is 0.105. The number of pyridine rings is 1. The Morgan fingerprint density at radius 2 is 2.05 bits per heavy atom. The van der Waals surface area contributed by atoms with Gasteiger partial charge >= 0.3 is 0 Å². The molecule has 3 heteroatoms. The van der Waals surface area contributed by atoms with Gasteiger partial charge in [0.05, 0.1) is 12.3 Å². The van der Waals surface area contributed by atoms with Crippen LogP contribution in [-0.4, -0.2) is 17.6 Å². The van der Waals surface area contributed by atoms with Gasteiger partial charge in [0.1, 0.15) is 5.75 Å². The predicted molar refractivity (Wildman–Crippen MR) is 85.1 cm³/mol. The number of unbranched alkanes of at least 4 members (excludes halogenated alkanes) is 1. The first-order chi connectivity index (χ1) is 9.56. The molecule has 20 heavy (non-hydrogen) atoms. The summed E-state index contributed by atoms with van der Waals surface area (Å²) in [7, 11) is 0. The molecule has 0 saturated carbocycles. The van der Waals surface area contributed by atoms with Gasteiger partial charge in [-0.3, -0.25) is 4.98 Å². The average Bonchev–Trinajstić information content (AvgIpc) is 2.40. The van der Waals surface area contributed by atoms with E-state index in [9.17, 15) is 0 Å². The van der Waals surface area contributed by atoms with Crippen LogP contribution in [0.1, 0.15) is 57.8 Å². The van der Waals surface area contributed by atoms with E-state index >= 15 is 0 Å². The van der Waals surface area contributed by atoms with Crippen molar-refractivity contribution in [2.45, 2.75) is 65.8 Å². The molecule has 0 aliphatic carbocycles. The Hall–Kier alpha value is -1.09. The Labute approximate surface area is 123 Å². The zero-order chi connectivity index (χ0) is 15.0. The monoisotopic (exact) mass is 278 g/mol. The van der Waals surface area contributed by atoms with E-state index in [0.29, 0.717) is 5.92 Å². The summed E-state index contributed by atoms with van der Waals surface area (Å²) < 4.78 is 6.03. The maximum Gasteiger partial charge on any atom is 0.140 e. The number of hydrogen-bond acceptors (Lipinski definition) is 3. The fourth-order valence-electron chi connectivity index (χ4n) is 2.29. The molecule has 0 bridgehead atoms. The Kier molecular flexibility index (Phi) is 7.60. The molecule has 0 amide bonds. The molecule has 1 aromatic rings. The van der Waals surface area contributed by atoms with Crippen molar-refractivity contribution >= 4 is 0 Å². The molecule has 3 nitrogen and oxygen atoms in total. The highest BCUT2D eigenvalue weighted by atomic mass is 16.5. The summed E-state index contributed by atoms with van der Waals surface area (Å²) in [5.74, 6) is 1.54. The highest BCUT2D eigenvalue weighted by molar-refractivity contribution is 5.29. The lowest BCUT2D eigenvalue weighted by atomic mass is 10.0. The van der Waals surface area contributed by atoms with Crippen LogP contribution in [0.2, 0.25) is 0 Å². The summed E-state index contributed by atoms with van der Waals surface area (Å²) in [5.41, 5.74) is 7.91. The molecule has 0 aliphatic rings. The number of nitrogens with two attached hydrogens (primary N) is 1. The highest BCUT2D eigenvalue weighted by Crippen LogP contribution is 2.21. The maximum atomic E-state index is 6.03. The number of rotatable bonds is 9. The molecular formula is C17H30N2O. The van der Waals surface area contributed by atoms with E-state index < -0.39 is 0 Å². The Bertz CT molecular complexity index is 391. The standard InChI is InChI=1S/C17H30N2O/c1-5-7-8-15(6-2)12-20-17-10-9-14(4)19-16(17)11-13(3)18/h9-10,13,15H,5-8,11-12,18H2,1-4H3. The molecule has 0 aliphatic heterocycles. The fourth-order valence-corrected chi connectivity index (χ4v) is 2.29. The summed E-state index contributed by atoms with van der Waals surface area (Å²) in [5, 5.41) is 0. The topological polar surface area (TPSA) is 48.1 Å². The van der Waals surface area contributed by atoms with Crippen LogP contribution in [0, 0.1) is 12.8 Å². The molecule has 1 rings (SSSR count). The van der Waals surface area contributed by atoms with Crippen LogP contribution in [0.25, 0.3) is 0 Å². The van der Waals surface area contributed by atoms with Crippen LogP contribution in [0.4, 0.5) is 0 Å². The van der Waals surface area contributed by atoms with E-state index in [0.717, 1.165) is 30.2 Å². The molecule has 2 unspecified atom stereocenters. The van der Waals surface area contributed by atoms with Crippen LogP contribution in [0.15, 0.2) is 12.1 Å². The summed E-state index contributed by atoms with van der Waals surface area (Å²) in [4.78, 5) is 4.57. The second kappa shape index (κ2) is 8.96. The predicted octanol–water partition coefficient (Wildman–Crippen LogP) is 3.87. The van der Waals surface area contributed by atoms with Crippen molar-refractivity contribution in [3.63, 3.8) is 0 Å². The summed E-state index contributed by atoms with van der Waals surface area (Å²) in [6.07, 6.45) is 5.71. The number of aromatic nitrogens is 1. The van der Waals surface area contributed by atoms with E-state index in [1.807, 2.05) is 26.0 Å². The quantitative estimate of drug-likeness (QED) is 0.746. The molecule has 0 radical (unpaired) electrons. The maximum absolute atomic E-state index is 6.03. The largest absolute Gasteiger partial charge is 0.491 e. The molecule has 0 spiro atoms. The molecular weight excluding hydrogens is 248 g/mol. The van der Waals surface area contributed by atoms with Gasteiger partial charge in [0, 0.05) is 18.2 Å². The van der Waals surface area contributed by atoms with Crippen molar-refractivity contribution in [2.24, 2.45) is 11.7 Å². The number of hydrogen-bond donors (Lipinski definition) is 1. The third-order valence-electron chi connectivity index (χ3n) is 3.60. The third kappa shape index (κ3) is 5.91. The van der Waals surface area contributed by atoms with E-state index in [1.165, 1.54) is 25.7 Å². The summed E-state index contributed by atoms with van der Waals surface area (Å²) in [6, 6.07) is 4.15. The third-order valence-corrected chi connectivity index (χ3v) is 3.60. The van der Waals surface area contributed by atoms with Gasteiger partial charge in [-0.15, -0.1) is 0 Å². The Balaban J connectivity index is 2.65. The van der Waals surface area contributed by atoms with Gasteiger partial charge in [0.25, 0.3) is 0 Å². The molecule has 2 atom stereocenters. The van der Waals surface area contributed by atoms with Crippen LogP contribution >= 0.6 is 0 Å². The second-order valence-corrected chi connectivity index (χ2v) is 5.81. The van der Waals surface area contributed by atoms with Crippen LogP contribution in [0.3, 0.4) is 0 Å². The van der Waals surface area contributed by atoms with Crippen molar-refractivity contribution in [2.75, 3.05) is 6.61 Å². The van der Waals surface area contributed by atoms with E-state index in [4.69, 9.17) is 10.5 Å². The van der Waals surface area contributed by atoms with E-state index in [1.54, 1.807) is 0 Å². The second-order valence-electron chi connectivity index (χ2n) is 5.81. The fraction of sp³-hybridized carbons (Fsp3) is 0.706. The minimum absolute atomic E-state index is 0.105. The molecule has 0 aromatic carbocycles. The lowest BCUT2D eigenvalue weighted by Gasteiger charge is -2.18. The van der Waals surface area contributed by atoms with Crippen molar-refractivity contribution in [3.05, 3.63) is 23.5 Å². The lowest BCUT2D eigenvalue weighted by molar-refractivity contribution is 0.230. The van der Waals surface area contributed by atoms with Crippen LogP contribution < -0.4 is 10.5 Å². The smallest absolute Gasteiger partial charge is 0.140 e. The Morgan fingerprint density at radius 1 is 1.30 bits per heavy atom. The average molecular weight is 278 g/mol. The van der Waals surface area contributed by atoms with Crippen molar-refractivity contribution in [1.29, 1.82) is 0 Å². The van der Waals surface area contributed by atoms with E-state index in [-0.39, 0.29) is 6.04 Å². The van der Waals surface area contributed by atoms with Crippen LogP contribution in [-0.2, 0) is 6.42 Å². The first-order valence-corrected chi connectivity index (χ1v) is 7.91. The normalized spacial score (nSPS) is 14.1. The van der Waals surface area contributed by atoms with Crippen LogP contribution in [0.5, 0.6) is 5.75 Å². The lowest BCUT2D eigenvalue weighted by Crippen LogP contribution is -2.20. The van der Waals surface area contributed by atoms with Gasteiger partial charge < -0.3 is 10.5 Å². The molecule has 1 heterocycles. The van der Waals surface area contributed by atoms with Gasteiger partial charge in [-0.2, -0.15) is 0 Å². The molecule has 0 saturated heterocycles. The van der Waals surface area contributed by atoms with Gasteiger partial charge in [-0.25, -0.2) is 0 Å². The molecule has 114 valence electrons. The highest BCUT2D eigenvalue weighted by Gasteiger charge is 2.11. The number of aryl methyl sites for hydroxylation is 1. The zero-order valence-electron chi connectivity index (χ0n) is 13.5. The van der Waals surface area contributed by atoms with Gasteiger partial charge in [0.2, 0.25) is 0 Å². The minimum Gasteiger partial charge on any atom is -0.491 e. The zero-order valence-corrected chi connectivity index (χ0v) is 13.5. The van der Waals surface area contributed by atoms with Gasteiger partial charge in [-0.1, -0.05) is 33.1 Å². The summed E-state index contributed by atoms with van der Waals surface area (Å²) in [6.45, 7) is 9.26. The molecule has 2 N–H and O–H groups in total. The number of ether oxygens (including phenoxy) is 1. The van der Waals surface area contributed by atoms with Crippen molar-refractivity contribution < 1.29 is 4.74 Å². The summed E-state index contributed by atoms with van der Waals surface area (Å²) >= 11 is 0. The van der Waals surface area contributed by atoms with E-state index in [2.05, 4.69) is 18.8 Å².